The van der Waals surface area contributed by atoms with Crippen LogP contribution in [0.3, 0.4) is 0 Å². The van der Waals surface area contributed by atoms with E-state index < -0.39 is 27.6 Å². The number of sulfonamides is 1. The number of rotatable bonds is 11. The van der Waals surface area contributed by atoms with Gasteiger partial charge in [0.25, 0.3) is 10.0 Å². The third-order valence-electron chi connectivity index (χ3n) is 7.39. The van der Waals surface area contributed by atoms with E-state index in [-0.39, 0.29) is 28.5 Å². The predicted molar refractivity (Wildman–Crippen MR) is 144 cm³/mol. The number of carbonyl (C=O) groups is 1. The van der Waals surface area contributed by atoms with Gasteiger partial charge in [-0.2, -0.15) is 0 Å². The first-order valence-corrected chi connectivity index (χ1v) is 14.8. The van der Waals surface area contributed by atoms with Gasteiger partial charge in [0.15, 0.2) is 0 Å². The molecule has 1 amide bonds. The highest BCUT2D eigenvalue weighted by molar-refractivity contribution is 7.90. The summed E-state index contributed by atoms with van der Waals surface area (Å²) in [6.07, 6.45) is 6.51. The molecule has 1 aliphatic carbocycles. The second-order valence-corrected chi connectivity index (χ2v) is 12.0. The summed E-state index contributed by atoms with van der Waals surface area (Å²) in [4.78, 5) is 14.4. The second-order valence-electron chi connectivity index (χ2n) is 10.4. The zero-order valence-electron chi connectivity index (χ0n) is 22.4. The first-order chi connectivity index (χ1) is 17.5. The normalized spacial score (nSPS) is 20.9. The minimum Gasteiger partial charge on any atom is -0.507 e. The molecule has 1 fully saturated rings. The second kappa shape index (κ2) is 12.9. The number of benzene rings is 1. The first kappa shape index (κ1) is 29.2. The molecular formula is C28H42N2O6S. The van der Waals surface area contributed by atoms with Crippen LogP contribution in [-0.2, 0) is 26.0 Å². The van der Waals surface area contributed by atoms with E-state index >= 15 is 0 Å². The maximum atomic E-state index is 13.6. The Morgan fingerprint density at radius 2 is 1.95 bits per heavy atom. The summed E-state index contributed by atoms with van der Waals surface area (Å²) in [6.45, 7) is 13.0. The van der Waals surface area contributed by atoms with Gasteiger partial charge >= 0.3 is 0 Å². The Morgan fingerprint density at radius 3 is 2.59 bits per heavy atom. The standard InChI is InChI=1S/C28H42N2O6S/c1-5-6-7-8-21-18-24(31)26(23-17-20(4)9-10-22(23)19(2)3)27(33)28(21)37(34,35)29-25(32)11-12-30-13-15-36-16-14-30/h17-18,22-23,31,33H,2,5-16H2,1,3-4H3,(H,29,32). The Labute approximate surface area is 221 Å². The monoisotopic (exact) mass is 534 g/mol. The van der Waals surface area contributed by atoms with Gasteiger partial charge in [0.2, 0.25) is 5.91 Å². The molecule has 206 valence electrons. The van der Waals surface area contributed by atoms with E-state index in [0.29, 0.717) is 51.3 Å². The highest BCUT2D eigenvalue weighted by Gasteiger charge is 2.35. The van der Waals surface area contributed by atoms with E-state index in [1.54, 1.807) is 0 Å². The summed E-state index contributed by atoms with van der Waals surface area (Å²) >= 11 is 0. The number of carbonyl (C=O) groups excluding carboxylic acids is 1. The number of nitrogens with one attached hydrogen (secondary N) is 1. The van der Waals surface area contributed by atoms with Crippen molar-refractivity contribution in [2.45, 2.75) is 76.5 Å². The van der Waals surface area contributed by atoms with Gasteiger partial charge in [-0.1, -0.05) is 43.6 Å². The average molecular weight is 535 g/mol. The van der Waals surface area contributed by atoms with Crippen molar-refractivity contribution in [3.63, 3.8) is 0 Å². The highest BCUT2D eigenvalue weighted by Crippen LogP contribution is 2.49. The number of amides is 1. The summed E-state index contributed by atoms with van der Waals surface area (Å²) in [7, 11) is -4.39. The zero-order chi connectivity index (χ0) is 27.2. The van der Waals surface area contributed by atoms with Crippen LogP contribution >= 0.6 is 0 Å². The predicted octanol–water partition coefficient (Wildman–Crippen LogP) is 4.37. The van der Waals surface area contributed by atoms with Gasteiger partial charge < -0.3 is 14.9 Å². The number of unbranched alkanes of at least 4 members (excludes halogenated alkanes) is 2. The fourth-order valence-corrected chi connectivity index (χ4v) is 6.70. The molecule has 3 rings (SSSR count). The van der Waals surface area contributed by atoms with Crippen LogP contribution in [0, 0.1) is 5.92 Å². The molecule has 1 aliphatic heterocycles. The fourth-order valence-electron chi connectivity index (χ4n) is 5.33. The number of aryl methyl sites for hydroxylation is 1. The lowest BCUT2D eigenvalue weighted by Gasteiger charge is -2.32. The van der Waals surface area contributed by atoms with Crippen LogP contribution < -0.4 is 4.72 Å². The van der Waals surface area contributed by atoms with Crippen molar-refractivity contribution in [3.05, 3.63) is 41.0 Å². The molecule has 0 bridgehead atoms. The van der Waals surface area contributed by atoms with Crippen LogP contribution in [0.5, 0.6) is 11.5 Å². The lowest BCUT2D eigenvalue weighted by molar-refractivity contribution is -0.119. The van der Waals surface area contributed by atoms with Gasteiger partial charge in [-0.3, -0.25) is 9.69 Å². The van der Waals surface area contributed by atoms with Crippen molar-refractivity contribution >= 4 is 15.9 Å². The molecule has 3 N–H and O–H groups in total. The lowest BCUT2D eigenvalue weighted by atomic mass is 9.73. The molecule has 1 saturated heterocycles. The third-order valence-corrected chi connectivity index (χ3v) is 8.88. The largest absolute Gasteiger partial charge is 0.507 e. The number of phenols is 2. The maximum absolute atomic E-state index is 13.6. The molecule has 0 radical (unpaired) electrons. The summed E-state index contributed by atoms with van der Waals surface area (Å²) < 4.78 is 34.6. The van der Waals surface area contributed by atoms with E-state index in [4.69, 9.17) is 4.74 Å². The maximum Gasteiger partial charge on any atom is 0.268 e. The van der Waals surface area contributed by atoms with E-state index in [0.717, 1.165) is 36.8 Å². The molecular weight excluding hydrogens is 492 g/mol. The Kier molecular flexibility index (Phi) is 10.2. The molecule has 1 aromatic rings. The molecule has 1 aromatic carbocycles. The average Bonchev–Trinajstić information content (AvgIpc) is 2.83. The number of ether oxygens (including phenoxy) is 1. The highest BCUT2D eigenvalue weighted by atomic mass is 32.2. The molecule has 0 saturated carbocycles. The van der Waals surface area contributed by atoms with Crippen molar-refractivity contribution in [3.8, 4) is 11.5 Å². The molecule has 2 unspecified atom stereocenters. The van der Waals surface area contributed by atoms with Crippen molar-refractivity contribution < 1.29 is 28.2 Å². The Morgan fingerprint density at radius 1 is 1.24 bits per heavy atom. The Balaban J connectivity index is 1.98. The summed E-state index contributed by atoms with van der Waals surface area (Å²) in [5.74, 6) is -1.72. The van der Waals surface area contributed by atoms with Gasteiger partial charge in [-0.15, -0.1) is 0 Å². The van der Waals surface area contributed by atoms with Crippen molar-refractivity contribution in [1.82, 2.24) is 9.62 Å². The van der Waals surface area contributed by atoms with Gasteiger partial charge in [0, 0.05) is 37.5 Å². The fraction of sp³-hybridized carbons (Fsp3) is 0.607. The van der Waals surface area contributed by atoms with Crippen molar-refractivity contribution in [2.24, 2.45) is 5.92 Å². The Hall–Kier alpha value is -2.36. The van der Waals surface area contributed by atoms with Crippen LogP contribution in [0.2, 0.25) is 0 Å². The number of aromatic hydroxyl groups is 2. The number of hydrogen-bond acceptors (Lipinski definition) is 7. The smallest absolute Gasteiger partial charge is 0.268 e. The molecule has 37 heavy (non-hydrogen) atoms. The zero-order valence-corrected chi connectivity index (χ0v) is 23.2. The molecule has 2 aliphatic rings. The van der Waals surface area contributed by atoms with Crippen LogP contribution in [0.4, 0.5) is 0 Å². The molecule has 8 nitrogen and oxygen atoms in total. The molecule has 2 atom stereocenters. The van der Waals surface area contributed by atoms with Crippen molar-refractivity contribution in [2.75, 3.05) is 32.8 Å². The minimum absolute atomic E-state index is 0.0123. The van der Waals surface area contributed by atoms with Crippen molar-refractivity contribution in [1.29, 1.82) is 0 Å². The number of morpholine rings is 1. The Bertz CT molecular complexity index is 1120. The molecule has 0 spiro atoms. The number of hydrogen-bond donors (Lipinski definition) is 3. The van der Waals surface area contributed by atoms with Gasteiger partial charge in [-0.25, -0.2) is 13.1 Å². The third kappa shape index (κ3) is 7.36. The molecule has 1 heterocycles. The SMILES string of the molecule is C=C(C)C1CCC(C)=CC1c1c(O)cc(CCCCC)c(S(=O)(=O)NC(=O)CCN2CCOCC2)c1O. The molecule has 9 heteroatoms. The summed E-state index contributed by atoms with van der Waals surface area (Å²) in [6, 6.07) is 1.45. The first-order valence-electron chi connectivity index (χ1n) is 13.3. The van der Waals surface area contributed by atoms with Gasteiger partial charge in [0.05, 0.1) is 13.2 Å². The van der Waals surface area contributed by atoms with Crippen LogP contribution in [0.25, 0.3) is 0 Å². The lowest BCUT2D eigenvalue weighted by Crippen LogP contribution is -2.39. The quantitative estimate of drug-likeness (QED) is 0.285. The van der Waals surface area contributed by atoms with Crippen LogP contribution in [0.1, 0.15) is 76.3 Å². The summed E-state index contributed by atoms with van der Waals surface area (Å²) in [5, 5.41) is 22.5. The number of phenolic OH excluding ortho intramolecular Hbond substituents is 2. The van der Waals surface area contributed by atoms with E-state index in [1.165, 1.54) is 6.07 Å². The van der Waals surface area contributed by atoms with E-state index in [9.17, 15) is 23.4 Å². The van der Waals surface area contributed by atoms with E-state index in [2.05, 4.69) is 16.2 Å². The van der Waals surface area contributed by atoms with Crippen LogP contribution in [0.15, 0.2) is 34.8 Å². The minimum atomic E-state index is -4.39. The number of nitrogens with zero attached hydrogens (tertiary/aromatic N) is 1. The topological polar surface area (TPSA) is 116 Å². The molecule has 0 aromatic heterocycles. The van der Waals surface area contributed by atoms with Gasteiger partial charge in [-0.05, 0) is 57.1 Å². The van der Waals surface area contributed by atoms with Crippen LogP contribution in [-0.4, -0.2) is 62.3 Å². The number of allylic oxidation sites excluding steroid dienone is 3. The van der Waals surface area contributed by atoms with E-state index in [1.807, 2.05) is 26.8 Å². The van der Waals surface area contributed by atoms with Gasteiger partial charge in [0.1, 0.15) is 16.4 Å². The summed E-state index contributed by atoms with van der Waals surface area (Å²) in [5.41, 5.74) is 2.49.